The minimum absolute atomic E-state index is 0.0257. The molecule has 4 aliphatic rings. The second kappa shape index (κ2) is 5.54. The number of ether oxygens (including phenoxy) is 1. The second-order valence-corrected chi connectivity index (χ2v) is 9.43. The van der Waals surface area contributed by atoms with Crippen molar-refractivity contribution < 1.29 is 13.5 Å². The summed E-state index contributed by atoms with van der Waals surface area (Å²) >= 11 is 2.25. The van der Waals surface area contributed by atoms with E-state index in [1.807, 2.05) is 6.07 Å². The van der Waals surface area contributed by atoms with Gasteiger partial charge in [0, 0.05) is 23.4 Å². The van der Waals surface area contributed by atoms with Crippen LogP contribution < -0.4 is 4.74 Å². The van der Waals surface area contributed by atoms with E-state index in [1.165, 1.54) is 18.4 Å². The summed E-state index contributed by atoms with van der Waals surface area (Å²) in [6.45, 7) is 4.25. The number of alkyl halides is 2. The van der Waals surface area contributed by atoms with Crippen LogP contribution in [0.3, 0.4) is 0 Å². The first-order chi connectivity index (χ1) is 12.0. The summed E-state index contributed by atoms with van der Waals surface area (Å²) in [7, 11) is 0. The van der Waals surface area contributed by atoms with Gasteiger partial charge in [-0.3, -0.25) is 4.90 Å². The molecule has 2 fully saturated rings. The van der Waals surface area contributed by atoms with E-state index in [4.69, 9.17) is 4.74 Å². The number of hydrogen-bond acceptors (Lipinski definition) is 2. The van der Waals surface area contributed by atoms with Gasteiger partial charge in [0.2, 0.25) is 0 Å². The lowest BCUT2D eigenvalue weighted by Gasteiger charge is -2.59. The predicted octanol–water partition coefficient (Wildman–Crippen LogP) is 4.77. The standard InChI is InChI=1S/C20H24F2INO/c1-2-3-9-24-10-8-19-13-6-7-20(21,22)18(19)25-17-14(23)5-4-12(16(17)19)11-15(13)24/h4-5,13,15,18H,2-3,6-11H2,1H3/t13?,15-,18-,19+/m0/s1. The summed E-state index contributed by atoms with van der Waals surface area (Å²) in [5, 5.41) is 0. The Morgan fingerprint density at radius 1 is 1.32 bits per heavy atom. The lowest BCUT2D eigenvalue weighted by atomic mass is 9.51. The highest BCUT2D eigenvalue weighted by molar-refractivity contribution is 14.1. The van der Waals surface area contributed by atoms with Crippen molar-refractivity contribution in [2.24, 2.45) is 5.92 Å². The van der Waals surface area contributed by atoms with Crippen molar-refractivity contribution >= 4 is 22.6 Å². The molecule has 0 radical (unpaired) electrons. The number of unbranched alkanes of at least 4 members (excludes halogenated alkanes) is 1. The molecular weight excluding hydrogens is 435 g/mol. The molecule has 2 nitrogen and oxygen atoms in total. The van der Waals surface area contributed by atoms with Gasteiger partial charge in [-0.1, -0.05) is 19.4 Å². The van der Waals surface area contributed by atoms with Crippen LogP contribution in [-0.2, 0) is 11.8 Å². The molecule has 4 atom stereocenters. The van der Waals surface area contributed by atoms with Crippen LogP contribution in [0.5, 0.6) is 5.75 Å². The Balaban J connectivity index is 1.67. The average molecular weight is 459 g/mol. The van der Waals surface area contributed by atoms with Crippen LogP contribution in [0.25, 0.3) is 0 Å². The Hall–Kier alpha value is -0.430. The number of halogens is 3. The number of benzene rings is 1. The lowest BCUT2D eigenvalue weighted by Crippen LogP contribution is -2.68. The fourth-order valence-corrected chi connectivity index (χ4v) is 6.77. The van der Waals surface area contributed by atoms with Crippen LogP contribution in [0.4, 0.5) is 8.78 Å². The monoisotopic (exact) mass is 459 g/mol. The van der Waals surface area contributed by atoms with Crippen molar-refractivity contribution in [1.82, 2.24) is 4.90 Å². The van der Waals surface area contributed by atoms with E-state index in [2.05, 4.69) is 40.5 Å². The number of likely N-dealkylation sites (tertiary alicyclic amines) is 1. The van der Waals surface area contributed by atoms with Gasteiger partial charge in [0.1, 0.15) is 5.75 Å². The molecule has 5 heteroatoms. The first-order valence-corrected chi connectivity index (χ1v) is 10.7. The summed E-state index contributed by atoms with van der Waals surface area (Å²) in [4.78, 5) is 2.60. The summed E-state index contributed by atoms with van der Waals surface area (Å²) in [5.41, 5.74) is 1.96. The van der Waals surface area contributed by atoms with Crippen LogP contribution >= 0.6 is 22.6 Å². The normalized spacial score (nSPS) is 37.5. The largest absolute Gasteiger partial charge is 0.482 e. The summed E-state index contributed by atoms with van der Waals surface area (Å²) in [6, 6.07) is 4.63. The maximum atomic E-state index is 14.9. The van der Waals surface area contributed by atoms with Crippen molar-refractivity contribution in [3.63, 3.8) is 0 Å². The third-order valence-corrected chi connectivity index (χ3v) is 8.02. The fraction of sp³-hybridized carbons (Fsp3) is 0.700. The van der Waals surface area contributed by atoms with Gasteiger partial charge in [0.15, 0.2) is 6.10 Å². The van der Waals surface area contributed by atoms with Crippen LogP contribution in [0.1, 0.15) is 50.2 Å². The topological polar surface area (TPSA) is 12.5 Å². The molecule has 0 N–H and O–H groups in total. The van der Waals surface area contributed by atoms with E-state index in [0.717, 1.165) is 40.8 Å². The Bertz CT molecular complexity index is 724. The first kappa shape index (κ1) is 16.7. The van der Waals surface area contributed by atoms with Crippen molar-refractivity contribution in [2.75, 3.05) is 13.1 Å². The van der Waals surface area contributed by atoms with Gasteiger partial charge in [-0.05, 0) is 78.9 Å². The minimum Gasteiger partial charge on any atom is -0.482 e. The molecule has 2 aliphatic carbocycles. The summed E-state index contributed by atoms with van der Waals surface area (Å²) in [6.07, 6.45) is 3.83. The molecule has 1 spiro atoms. The Kier molecular flexibility index (Phi) is 3.70. The Morgan fingerprint density at radius 2 is 2.16 bits per heavy atom. The van der Waals surface area contributed by atoms with Gasteiger partial charge in [-0.2, -0.15) is 0 Å². The molecule has 1 aromatic carbocycles. The lowest BCUT2D eigenvalue weighted by molar-refractivity contribution is -0.181. The van der Waals surface area contributed by atoms with Crippen molar-refractivity contribution in [3.8, 4) is 5.75 Å². The van der Waals surface area contributed by atoms with Crippen LogP contribution in [0.2, 0.25) is 0 Å². The molecule has 1 aromatic rings. The smallest absolute Gasteiger partial charge is 0.285 e. The number of rotatable bonds is 3. The zero-order valence-corrected chi connectivity index (χ0v) is 16.7. The van der Waals surface area contributed by atoms with Gasteiger partial charge in [0.05, 0.1) is 3.57 Å². The van der Waals surface area contributed by atoms with E-state index in [1.54, 1.807) is 0 Å². The molecule has 2 heterocycles. The first-order valence-electron chi connectivity index (χ1n) is 9.59. The van der Waals surface area contributed by atoms with E-state index in [-0.39, 0.29) is 6.42 Å². The Labute approximate surface area is 161 Å². The molecule has 1 unspecified atom stereocenters. The molecule has 2 bridgehead atoms. The van der Waals surface area contributed by atoms with E-state index < -0.39 is 17.4 Å². The van der Waals surface area contributed by atoms with Crippen LogP contribution in [0, 0.1) is 9.49 Å². The highest BCUT2D eigenvalue weighted by Gasteiger charge is 2.70. The third-order valence-electron chi connectivity index (χ3n) is 7.17. The van der Waals surface area contributed by atoms with Crippen LogP contribution in [0.15, 0.2) is 12.1 Å². The van der Waals surface area contributed by atoms with Crippen molar-refractivity contribution in [3.05, 3.63) is 26.8 Å². The number of hydrogen-bond donors (Lipinski definition) is 0. The second-order valence-electron chi connectivity index (χ2n) is 8.27. The number of nitrogens with zero attached hydrogens (tertiary/aromatic N) is 1. The number of piperidine rings is 1. The van der Waals surface area contributed by atoms with E-state index >= 15 is 0 Å². The maximum Gasteiger partial charge on any atom is 0.285 e. The molecule has 1 saturated carbocycles. The average Bonchev–Trinajstić information content (AvgIpc) is 2.94. The van der Waals surface area contributed by atoms with Gasteiger partial charge >= 0.3 is 0 Å². The molecule has 5 rings (SSSR count). The van der Waals surface area contributed by atoms with Gasteiger partial charge in [-0.25, -0.2) is 8.78 Å². The molecule has 2 aliphatic heterocycles. The molecular formula is C20H24F2INO. The quantitative estimate of drug-likeness (QED) is 0.605. The van der Waals surface area contributed by atoms with Gasteiger partial charge < -0.3 is 4.74 Å². The molecule has 1 saturated heterocycles. The summed E-state index contributed by atoms with van der Waals surface area (Å²) in [5.74, 6) is -1.63. The Morgan fingerprint density at radius 3 is 2.96 bits per heavy atom. The van der Waals surface area contributed by atoms with Gasteiger partial charge in [0.25, 0.3) is 5.92 Å². The zero-order valence-electron chi connectivity index (χ0n) is 14.5. The molecule has 25 heavy (non-hydrogen) atoms. The zero-order chi connectivity index (χ0) is 17.4. The molecule has 0 aromatic heterocycles. The van der Waals surface area contributed by atoms with E-state index in [9.17, 15) is 8.78 Å². The predicted molar refractivity (Wildman–Crippen MR) is 102 cm³/mol. The third kappa shape index (κ3) is 2.08. The highest BCUT2D eigenvalue weighted by Crippen LogP contribution is 2.65. The van der Waals surface area contributed by atoms with Crippen molar-refractivity contribution in [2.45, 2.75) is 68.9 Å². The van der Waals surface area contributed by atoms with Crippen LogP contribution in [-0.4, -0.2) is 36.1 Å². The highest BCUT2D eigenvalue weighted by atomic mass is 127. The van der Waals surface area contributed by atoms with Crippen molar-refractivity contribution in [1.29, 1.82) is 0 Å². The van der Waals surface area contributed by atoms with Gasteiger partial charge in [-0.15, -0.1) is 0 Å². The molecule has 0 amide bonds. The molecule has 136 valence electrons. The summed E-state index contributed by atoms with van der Waals surface area (Å²) < 4.78 is 36.9. The maximum absolute atomic E-state index is 14.9. The minimum atomic E-state index is -2.72. The van der Waals surface area contributed by atoms with E-state index in [0.29, 0.717) is 18.4 Å². The fourth-order valence-electron chi connectivity index (χ4n) is 6.19. The SMILES string of the molecule is CCCCN1CC[C@@]23c4c5ccc(I)c4O[C@@H]2C(F)(F)CCC3[C@@H]1C5.